The number of thioether (sulfide) groups is 1. The number of carbonyl (C=O) groups is 1. The number of rotatable bonds is 8. The maximum absolute atomic E-state index is 12.9. The molecule has 0 spiro atoms. The van der Waals surface area contributed by atoms with E-state index in [0.717, 1.165) is 37.0 Å². The van der Waals surface area contributed by atoms with Gasteiger partial charge in [0.15, 0.2) is 5.16 Å². The minimum atomic E-state index is -0.250. The summed E-state index contributed by atoms with van der Waals surface area (Å²) in [5.41, 5.74) is 6.54. The van der Waals surface area contributed by atoms with Crippen molar-refractivity contribution in [2.24, 2.45) is 7.05 Å². The van der Waals surface area contributed by atoms with Gasteiger partial charge in [-0.1, -0.05) is 23.4 Å². The molecule has 1 aliphatic heterocycles. The highest BCUT2D eigenvalue weighted by atomic mass is 35.5. The zero-order chi connectivity index (χ0) is 21.7. The van der Waals surface area contributed by atoms with Crippen molar-refractivity contribution in [2.75, 3.05) is 45.3 Å². The summed E-state index contributed by atoms with van der Waals surface area (Å²) in [7, 11) is 5.17. The van der Waals surface area contributed by atoms with Gasteiger partial charge in [0.25, 0.3) is 5.91 Å². The zero-order valence-electron chi connectivity index (χ0n) is 17.4. The van der Waals surface area contributed by atoms with Crippen LogP contribution in [0.5, 0.6) is 5.75 Å². The van der Waals surface area contributed by atoms with Gasteiger partial charge in [-0.2, -0.15) is 0 Å². The Morgan fingerprint density at radius 2 is 2.23 bits per heavy atom. The molecule has 3 rings (SSSR count). The van der Waals surface area contributed by atoms with Crippen LogP contribution in [-0.2, 0) is 11.8 Å². The van der Waals surface area contributed by atoms with Gasteiger partial charge in [0.2, 0.25) is 0 Å². The molecule has 164 valence electrons. The number of halogens is 1. The van der Waals surface area contributed by atoms with Crippen LogP contribution >= 0.6 is 23.4 Å². The number of nitrogens with zero attached hydrogens (tertiary/aromatic N) is 3. The molecular formula is C20H28ClN5O3S. The third kappa shape index (κ3) is 5.40. The summed E-state index contributed by atoms with van der Waals surface area (Å²) in [5.74, 6) is 1.09. The molecule has 0 bridgehead atoms. The minimum Gasteiger partial charge on any atom is -0.496 e. The van der Waals surface area contributed by atoms with E-state index < -0.39 is 0 Å². The van der Waals surface area contributed by atoms with E-state index in [9.17, 15) is 4.79 Å². The van der Waals surface area contributed by atoms with E-state index in [4.69, 9.17) is 26.8 Å². The van der Waals surface area contributed by atoms with Crippen LogP contribution in [0.15, 0.2) is 29.7 Å². The normalized spacial score (nSPS) is 19.6. The predicted octanol–water partition coefficient (Wildman–Crippen LogP) is 2.28. The Kier molecular flexibility index (Phi) is 7.87. The fraction of sp³-hybridized carbons (Fsp3) is 0.500. The van der Waals surface area contributed by atoms with Gasteiger partial charge in [-0.25, -0.2) is 4.98 Å². The first-order valence-electron chi connectivity index (χ1n) is 9.72. The molecule has 2 atom stereocenters. The average molecular weight is 454 g/mol. The smallest absolute Gasteiger partial charge is 0.255 e. The first kappa shape index (κ1) is 22.7. The molecule has 1 aliphatic rings. The van der Waals surface area contributed by atoms with Crippen LogP contribution in [0.3, 0.4) is 0 Å². The number of methoxy groups -OCH3 is 2. The number of likely N-dealkylation sites (tertiary alicyclic amines) is 1. The van der Waals surface area contributed by atoms with Crippen molar-refractivity contribution in [3.8, 4) is 5.75 Å². The van der Waals surface area contributed by atoms with Gasteiger partial charge < -0.3 is 25.1 Å². The zero-order valence-corrected chi connectivity index (χ0v) is 19.0. The van der Waals surface area contributed by atoms with E-state index in [0.29, 0.717) is 22.0 Å². The van der Waals surface area contributed by atoms with Crippen molar-refractivity contribution in [3.63, 3.8) is 0 Å². The lowest BCUT2D eigenvalue weighted by Gasteiger charge is -2.38. The third-order valence-electron chi connectivity index (χ3n) is 5.24. The van der Waals surface area contributed by atoms with E-state index in [1.165, 1.54) is 13.2 Å². The lowest BCUT2D eigenvalue weighted by molar-refractivity contribution is 0.00833. The van der Waals surface area contributed by atoms with E-state index in [1.807, 2.05) is 17.8 Å². The molecule has 0 unspecified atom stereocenters. The van der Waals surface area contributed by atoms with Crippen LogP contribution in [0.1, 0.15) is 16.8 Å². The van der Waals surface area contributed by atoms with Crippen molar-refractivity contribution < 1.29 is 14.3 Å². The Labute approximate surface area is 186 Å². The number of hydrogen-bond acceptors (Lipinski definition) is 7. The first-order valence-corrected chi connectivity index (χ1v) is 11.1. The second-order valence-corrected chi connectivity index (χ2v) is 8.66. The third-order valence-corrected chi connectivity index (χ3v) is 6.61. The standard InChI is InChI=1S/C20H28ClN5O3S/c1-25-7-5-23-20(25)30-9-8-26-6-4-16(18(12-26)29-3)24-19(27)13-10-14(21)15(22)11-17(13)28-2/h5,7,10-11,16,18H,4,6,8-9,12,22H2,1-3H3,(H,24,27)/t16-,18+/m1/s1. The van der Waals surface area contributed by atoms with Crippen LogP contribution in [0.25, 0.3) is 0 Å². The van der Waals surface area contributed by atoms with E-state index >= 15 is 0 Å². The number of benzene rings is 1. The van der Waals surface area contributed by atoms with Crippen LogP contribution < -0.4 is 15.8 Å². The van der Waals surface area contributed by atoms with Crippen molar-refractivity contribution in [1.82, 2.24) is 19.8 Å². The number of nitrogens with one attached hydrogen (secondary N) is 1. The second kappa shape index (κ2) is 10.4. The van der Waals surface area contributed by atoms with Crippen molar-refractivity contribution >= 4 is 35.0 Å². The van der Waals surface area contributed by atoms with E-state index in [1.54, 1.807) is 31.1 Å². The van der Waals surface area contributed by atoms with Crippen LogP contribution in [0.4, 0.5) is 5.69 Å². The summed E-state index contributed by atoms with van der Waals surface area (Å²) in [6.07, 6.45) is 4.44. The number of nitrogen functional groups attached to an aromatic ring is 1. The monoisotopic (exact) mass is 453 g/mol. The molecule has 1 fully saturated rings. The molecule has 0 radical (unpaired) electrons. The predicted molar refractivity (Wildman–Crippen MR) is 119 cm³/mol. The molecule has 3 N–H and O–H groups in total. The molecule has 2 aromatic rings. The number of amides is 1. The maximum Gasteiger partial charge on any atom is 0.255 e. The number of anilines is 1. The molecule has 10 heteroatoms. The number of imidazole rings is 1. The van der Waals surface area contributed by atoms with Gasteiger partial charge in [0.1, 0.15) is 5.75 Å². The number of aryl methyl sites for hydroxylation is 1. The molecule has 1 saturated heterocycles. The Morgan fingerprint density at radius 3 is 2.90 bits per heavy atom. The lowest BCUT2D eigenvalue weighted by atomic mass is 10.0. The summed E-state index contributed by atoms with van der Waals surface area (Å²) in [4.78, 5) is 19.6. The highest BCUT2D eigenvalue weighted by molar-refractivity contribution is 7.99. The second-order valence-electron chi connectivity index (χ2n) is 7.19. The van der Waals surface area contributed by atoms with Gasteiger partial charge >= 0.3 is 0 Å². The summed E-state index contributed by atoms with van der Waals surface area (Å²) >= 11 is 7.83. The highest BCUT2D eigenvalue weighted by Gasteiger charge is 2.31. The first-order chi connectivity index (χ1) is 14.4. The van der Waals surface area contributed by atoms with Crippen LogP contribution in [0.2, 0.25) is 5.02 Å². The molecule has 8 nitrogen and oxygen atoms in total. The van der Waals surface area contributed by atoms with Gasteiger partial charge in [0.05, 0.1) is 35.5 Å². The summed E-state index contributed by atoms with van der Waals surface area (Å²) < 4.78 is 13.0. The van der Waals surface area contributed by atoms with Crippen molar-refractivity contribution in [1.29, 1.82) is 0 Å². The van der Waals surface area contributed by atoms with Crippen LogP contribution in [0, 0.1) is 0 Å². The van der Waals surface area contributed by atoms with Crippen LogP contribution in [-0.4, -0.2) is 72.1 Å². The quantitative estimate of drug-likeness (QED) is 0.467. The molecule has 1 aromatic heterocycles. The largest absolute Gasteiger partial charge is 0.496 e. The fourth-order valence-electron chi connectivity index (χ4n) is 3.51. The molecular weight excluding hydrogens is 426 g/mol. The van der Waals surface area contributed by atoms with Gasteiger partial charge in [-0.05, 0) is 12.5 Å². The van der Waals surface area contributed by atoms with Gasteiger partial charge in [-0.3, -0.25) is 9.69 Å². The number of ether oxygens (including phenoxy) is 2. The molecule has 0 aliphatic carbocycles. The Hall–Kier alpha value is -1.94. The molecule has 2 heterocycles. The fourth-order valence-corrected chi connectivity index (χ4v) is 4.60. The molecule has 1 amide bonds. The maximum atomic E-state index is 12.9. The number of nitrogens with two attached hydrogens (primary N) is 1. The molecule has 1 aromatic carbocycles. The SMILES string of the molecule is COc1cc(N)c(Cl)cc1C(=O)N[C@@H]1CCN(CCSc2nccn2C)C[C@@H]1OC. The van der Waals surface area contributed by atoms with E-state index in [-0.39, 0.29) is 18.1 Å². The summed E-state index contributed by atoms with van der Waals surface area (Å²) in [6, 6.07) is 3.01. The van der Waals surface area contributed by atoms with Crippen molar-refractivity contribution in [3.05, 3.63) is 35.1 Å². The number of aromatic nitrogens is 2. The van der Waals surface area contributed by atoms with Crippen molar-refractivity contribution in [2.45, 2.75) is 23.7 Å². The number of hydrogen-bond donors (Lipinski definition) is 2. The lowest BCUT2D eigenvalue weighted by Crippen LogP contribution is -2.55. The molecule has 0 saturated carbocycles. The summed E-state index contributed by atoms with van der Waals surface area (Å²) in [6.45, 7) is 2.56. The van der Waals surface area contributed by atoms with E-state index in [2.05, 4.69) is 15.2 Å². The minimum absolute atomic E-state index is 0.0954. The number of carbonyl (C=O) groups excluding carboxylic acids is 1. The average Bonchev–Trinajstić information content (AvgIpc) is 3.15. The molecule has 30 heavy (non-hydrogen) atoms. The Bertz CT molecular complexity index is 878. The number of piperidine rings is 1. The topological polar surface area (TPSA) is 94.6 Å². The highest BCUT2D eigenvalue weighted by Crippen LogP contribution is 2.29. The van der Waals surface area contributed by atoms with Gasteiger partial charge in [-0.15, -0.1) is 0 Å². The van der Waals surface area contributed by atoms with Gasteiger partial charge in [0, 0.05) is 58.0 Å². The summed E-state index contributed by atoms with van der Waals surface area (Å²) in [5, 5.41) is 4.41. The Morgan fingerprint density at radius 1 is 1.43 bits per heavy atom. The Balaban J connectivity index is 1.56.